The van der Waals surface area contributed by atoms with Gasteiger partial charge in [0.2, 0.25) is 0 Å². The average Bonchev–Trinajstić information content (AvgIpc) is 2.87. The molecule has 2 N–H and O–H groups in total. The Kier molecular flexibility index (Phi) is 4.17. The van der Waals surface area contributed by atoms with E-state index in [1.165, 1.54) is 11.0 Å². The van der Waals surface area contributed by atoms with Crippen LogP contribution in [0.1, 0.15) is 24.1 Å². The summed E-state index contributed by atoms with van der Waals surface area (Å²) in [5.41, 5.74) is 8.00. The predicted molar refractivity (Wildman–Crippen MR) is 84.3 cm³/mol. The molecule has 2 nitrogen and oxygen atoms in total. The molecule has 0 saturated carbocycles. The first-order chi connectivity index (χ1) is 10.1. The Morgan fingerprint density at radius 3 is 3.00 bits per heavy atom. The van der Waals surface area contributed by atoms with Crippen LogP contribution in [-0.2, 0) is 6.42 Å². The molecule has 1 heterocycles. The molecule has 110 valence electrons. The molecule has 2 unspecified atom stereocenters. The van der Waals surface area contributed by atoms with Gasteiger partial charge in [-0.2, -0.15) is 0 Å². The van der Waals surface area contributed by atoms with Gasteiger partial charge in [0.15, 0.2) is 0 Å². The molecular weight excluding hydrogens is 285 g/mol. The van der Waals surface area contributed by atoms with Crippen molar-refractivity contribution in [1.82, 2.24) is 0 Å². The van der Waals surface area contributed by atoms with Crippen LogP contribution in [0.25, 0.3) is 0 Å². The largest absolute Gasteiger partial charge is 0.489 e. The molecule has 21 heavy (non-hydrogen) atoms. The number of hydrogen-bond acceptors (Lipinski definition) is 3. The summed E-state index contributed by atoms with van der Waals surface area (Å²) in [7, 11) is 0. The molecule has 0 radical (unpaired) electrons. The van der Waals surface area contributed by atoms with E-state index in [0.29, 0.717) is 0 Å². The first-order valence-electron chi connectivity index (χ1n) is 7.05. The molecule has 2 atom stereocenters. The maximum Gasteiger partial charge on any atom is 0.123 e. The van der Waals surface area contributed by atoms with Gasteiger partial charge < -0.3 is 10.5 Å². The Balaban J connectivity index is 1.61. The second-order valence-corrected chi connectivity index (χ2v) is 6.46. The van der Waals surface area contributed by atoms with E-state index in [0.717, 1.165) is 29.1 Å². The number of ether oxygens (including phenoxy) is 1. The van der Waals surface area contributed by atoms with Crippen LogP contribution in [-0.4, -0.2) is 11.9 Å². The minimum Gasteiger partial charge on any atom is -0.489 e. The van der Waals surface area contributed by atoms with Gasteiger partial charge in [0, 0.05) is 28.7 Å². The molecule has 0 fully saturated rings. The smallest absolute Gasteiger partial charge is 0.123 e. The second kappa shape index (κ2) is 6.08. The van der Waals surface area contributed by atoms with Gasteiger partial charge in [-0.15, -0.1) is 11.8 Å². The number of benzene rings is 2. The fourth-order valence-corrected chi connectivity index (χ4v) is 3.42. The van der Waals surface area contributed by atoms with Crippen LogP contribution in [0.4, 0.5) is 4.39 Å². The first kappa shape index (κ1) is 14.4. The van der Waals surface area contributed by atoms with Crippen LogP contribution in [0.5, 0.6) is 5.75 Å². The van der Waals surface area contributed by atoms with Crippen molar-refractivity contribution in [2.75, 3.05) is 5.75 Å². The lowest BCUT2D eigenvalue weighted by Gasteiger charge is -2.11. The first-order valence-corrected chi connectivity index (χ1v) is 8.04. The SMILES string of the molecule is CC(N)c1cccc(SCC2Cc3cc(F)ccc3O2)c1. The highest BCUT2D eigenvalue weighted by atomic mass is 32.2. The maximum absolute atomic E-state index is 13.2. The van der Waals surface area contributed by atoms with Crippen LogP contribution in [0.3, 0.4) is 0 Å². The Morgan fingerprint density at radius 1 is 1.33 bits per heavy atom. The third kappa shape index (κ3) is 3.39. The minimum atomic E-state index is -0.199. The average molecular weight is 303 g/mol. The number of nitrogens with two attached hydrogens (primary N) is 1. The van der Waals surface area contributed by atoms with Crippen molar-refractivity contribution in [3.63, 3.8) is 0 Å². The van der Waals surface area contributed by atoms with Crippen molar-refractivity contribution < 1.29 is 9.13 Å². The van der Waals surface area contributed by atoms with Crippen molar-refractivity contribution in [2.24, 2.45) is 5.73 Å². The topological polar surface area (TPSA) is 35.2 Å². The van der Waals surface area contributed by atoms with Gasteiger partial charge in [0.25, 0.3) is 0 Å². The van der Waals surface area contributed by atoms with E-state index in [2.05, 4.69) is 12.1 Å². The maximum atomic E-state index is 13.2. The molecule has 0 aromatic heterocycles. The third-order valence-electron chi connectivity index (χ3n) is 3.58. The van der Waals surface area contributed by atoms with Crippen LogP contribution in [0.15, 0.2) is 47.4 Å². The zero-order chi connectivity index (χ0) is 14.8. The van der Waals surface area contributed by atoms with Gasteiger partial charge in [-0.3, -0.25) is 0 Å². The number of hydrogen-bond donors (Lipinski definition) is 1. The number of fused-ring (bicyclic) bond motifs is 1. The summed E-state index contributed by atoms with van der Waals surface area (Å²) < 4.78 is 19.0. The summed E-state index contributed by atoms with van der Waals surface area (Å²) in [6.45, 7) is 1.98. The lowest BCUT2D eigenvalue weighted by Crippen LogP contribution is -2.15. The fourth-order valence-electron chi connectivity index (χ4n) is 2.46. The van der Waals surface area contributed by atoms with Gasteiger partial charge in [0.05, 0.1) is 0 Å². The van der Waals surface area contributed by atoms with E-state index in [1.54, 1.807) is 23.9 Å². The second-order valence-electron chi connectivity index (χ2n) is 5.37. The predicted octanol–water partition coefficient (Wildman–Crippen LogP) is 3.94. The van der Waals surface area contributed by atoms with E-state index in [-0.39, 0.29) is 18.0 Å². The summed E-state index contributed by atoms with van der Waals surface area (Å²) in [6.07, 6.45) is 0.873. The van der Waals surface area contributed by atoms with Crippen molar-refractivity contribution >= 4 is 11.8 Å². The molecule has 2 aromatic carbocycles. The van der Waals surface area contributed by atoms with Gasteiger partial charge in [-0.1, -0.05) is 12.1 Å². The van der Waals surface area contributed by atoms with E-state index >= 15 is 0 Å². The normalized spacial score (nSPS) is 18.1. The van der Waals surface area contributed by atoms with E-state index in [9.17, 15) is 4.39 Å². The van der Waals surface area contributed by atoms with Crippen molar-refractivity contribution in [3.8, 4) is 5.75 Å². The number of thioether (sulfide) groups is 1. The Hall–Kier alpha value is -1.52. The van der Waals surface area contributed by atoms with Crippen LogP contribution in [0.2, 0.25) is 0 Å². The van der Waals surface area contributed by atoms with Gasteiger partial charge in [-0.25, -0.2) is 4.39 Å². The number of halogens is 1. The van der Waals surface area contributed by atoms with Crippen LogP contribution in [0, 0.1) is 5.82 Å². The van der Waals surface area contributed by atoms with E-state index in [4.69, 9.17) is 10.5 Å². The zero-order valence-electron chi connectivity index (χ0n) is 11.9. The molecule has 2 aromatic rings. The summed E-state index contributed by atoms with van der Waals surface area (Å²) in [4.78, 5) is 1.19. The summed E-state index contributed by atoms with van der Waals surface area (Å²) in [5, 5.41) is 0. The molecule has 0 spiro atoms. The highest BCUT2D eigenvalue weighted by molar-refractivity contribution is 7.99. The highest BCUT2D eigenvalue weighted by Gasteiger charge is 2.23. The Labute approximate surface area is 128 Å². The van der Waals surface area contributed by atoms with Crippen LogP contribution >= 0.6 is 11.8 Å². The molecular formula is C17H18FNOS. The highest BCUT2D eigenvalue weighted by Crippen LogP contribution is 2.32. The minimum absolute atomic E-state index is 0.0421. The molecule has 0 amide bonds. The molecule has 3 rings (SSSR count). The summed E-state index contributed by atoms with van der Waals surface area (Å²) >= 11 is 1.75. The van der Waals surface area contributed by atoms with Gasteiger partial charge in [-0.05, 0) is 42.8 Å². The van der Waals surface area contributed by atoms with Gasteiger partial charge in [0.1, 0.15) is 17.7 Å². The molecule has 0 bridgehead atoms. The quantitative estimate of drug-likeness (QED) is 0.869. The fraction of sp³-hybridized carbons (Fsp3) is 0.294. The van der Waals surface area contributed by atoms with Crippen molar-refractivity contribution in [2.45, 2.75) is 30.4 Å². The van der Waals surface area contributed by atoms with E-state index in [1.807, 2.05) is 19.1 Å². The lowest BCUT2D eigenvalue weighted by atomic mass is 10.1. The molecule has 0 saturated heterocycles. The zero-order valence-corrected chi connectivity index (χ0v) is 12.7. The standard InChI is InChI=1S/C17H18FNOS/c1-11(19)12-3-2-4-16(9-12)21-10-15-8-13-7-14(18)5-6-17(13)20-15/h2-7,9,11,15H,8,10,19H2,1H3. The summed E-state index contributed by atoms with van der Waals surface area (Å²) in [6, 6.07) is 13.0. The monoisotopic (exact) mass is 303 g/mol. The number of rotatable bonds is 4. The van der Waals surface area contributed by atoms with Crippen molar-refractivity contribution in [3.05, 3.63) is 59.4 Å². The molecule has 0 aliphatic carbocycles. The Bertz CT molecular complexity index is 644. The molecule has 4 heteroatoms. The van der Waals surface area contributed by atoms with Crippen LogP contribution < -0.4 is 10.5 Å². The summed E-state index contributed by atoms with van der Waals surface area (Å²) in [5.74, 6) is 1.46. The Morgan fingerprint density at radius 2 is 2.19 bits per heavy atom. The van der Waals surface area contributed by atoms with Crippen molar-refractivity contribution in [1.29, 1.82) is 0 Å². The molecule has 1 aliphatic heterocycles. The lowest BCUT2D eigenvalue weighted by molar-refractivity contribution is 0.259. The molecule has 1 aliphatic rings. The third-order valence-corrected chi connectivity index (χ3v) is 4.71. The van der Waals surface area contributed by atoms with Gasteiger partial charge >= 0.3 is 0 Å². The van der Waals surface area contributed by atoms with E-state index < -0.39 is 0 Å².